The van der Waals surface area contributed by atoms with E-state index in [9.17, 15) is 4.39 Å². The Morgan fingerprint density at radius 2 is 2.40 bits per heavy atom. The lowest BCUT2D eigenvalue weighted by Crippen LogP contribution is -2.21. The minimum atomic E-state index is -0.693. The van der Waals surface area contributed by atoms with Gasteiger partial charge in [0.15, 0.2) is 0 Å². The molecule has 0 aliphatic carbocycles. The third kappa shape index (κ3) is 2.78. The van der Waals surface area contributed by atoms with Crippen LogP contribution in [0.5, 0.6) is 0 Å². The zero-order valence-corrected chi connectivity index (χ0v) is 9.17. The average Bonchev–Trinajstić information content (AvgIpc) is 2.70. The van der Waals surface area contributed by atoms with Gasteiger partial charge in [-0.05, 0) is 25.5 Å². The van der Waals surface area contributed by atoms with Gasteiger partial charge in [0.05, 0.1) is 0 Å². The van der Waals surface area contributed by atoms with E-state index in [1.165, 1.54) is 5.56 Å². The first kappa shape index (κ1) is 10.6. The molecule has 0 amide bonds. The maximum Gasteiger partial charge on any atom is 0.108 e. The van der Waals surface area contributed by atoms with Crippen LogP contribution in [0.3, 0.4) is 0 Å². The van der Waals surface area contributed by atoms with Crippen molar-refractivity contribution < 1.29 is 4.39 Å². The van der Waals surface area contributed by atoms with Crippen molar-refractivity contribution in [3.05, 3.63) is 35.4 Å². The molecule has 1 aliphatic rings. The van der Waals surface area contributed by atoms with Gasteiger partial charge in [0.25, 0.3) is 0 Å². The van der Waals surface area contributed by atoms with E-state index in [-0.39, 0.29) is 5.92 Å². The van der Waals surface area contributed by atoms with Gasteiger partial charge in [-0.15, -0.1) is 0 Å². The number of alkyl halides is 1. The van der Waals surface area contributed by atoms with Crippen molar-refractivity contribution in [3.8, 4) is 0 Å². The molecule has 1 N–H and O–H groups in total. The Kier molecular flexibility index (Phi) is 3.37. The third-order valence-electron chi connectivity index (χ3n) is 3.12. The molecular weight excluding hydrogens is 189 g/mol. The lowest BCUT2D eigenvalue weighted by atomic mass is 9.96. The van der Waals surface area contributed by atoms with Gasteiger partial charge in [0, 0.05) is 18.9 Å². The lowest BCUT2D eigenvalue weighted by Gasteiger charge is -2.14. The second-order valence-corrected chi connectivity index (χ2v) is 4.46. The van der Waals surface area contributed by atoms with E-state index < -0.39 is 6.17 Å². The predicted molar refractivity (Wildman–Crippen MR) is 60.8 cm³/mol. The summed E-state index contributed by atoms with van der Waals surface area (Å²) in [4.78, 5) is 0. The molecule has 15 heavy (non-hydrogen) atoms. The minimum absolute atomic E-state index is 0.213. The van der Waals surface area contributed by atoms with E-state index in [1.54, 1.807) is 0 Å². The van der Waals surface area contributed by atoms with Crippen LogP contribution < -0.4 is 5.32 Å². The number of hydrogen-bond donors (Lipinski definition) is 1. The molecule has 82 valence electrons. The molecule has 0 radical (unpaired) electrons. The zero-order chi connectivity index (χ0) is 10.7. The fraction of sp³-hybridized carbons (Fsp3) is 0.538. The Labute approximate surface area is 90.7 Å². The highest BCUT2D eigenvalue weighted by atomic mass is 19.1. The lowest BCUT2D eigenvalue weighted by molar-refractivity contribution is 0.240. The summed E-state index contributed by atoms with van der Waals surface area (Å²) in [7, 11) is 0. The summed E-state index contributed by atoms with van der Waals surface area (Å²) in [5, 5.41) is 3.21. The second kappa shape index (κ2) is 4.75. The number of rotatable bonds is 3. The molecular formula is C13H18FN. The van der Waals surface area contributed by atoms with Gasteiger partial charge >= 0.3 is 0 Å². The molecule has 1 aromatic carbocycles. The quantitative estimate of drug-likeness (QED) is 0.803. The van der Waals surface area contributed by atoms with Crippen LogP contribution in [-0.4, -0.2) is 19.3 Å². The van der Waals surface area contributed by atoms with E-state index >= 15 is 0 Å². The molecule has 2 atom stereocenters. The molecule has 0 aromatic heterocycles. The van der Waals surface area contributed by atoms with E-state index in [0.717, 1.165) is 25.1 Å². The van der Waals surface area contributed by atoms with Gasteiger partial charge in [-0.1, -0.05) is 29.8 Å². The summed E-state index contributed by atoms with van der Waals surface area (Å²) in [5.41, 5.74) is 2.33. The molecule has 2 heteroatoms. The van der Waals surface area contributed by atoms with E-state index in [1.807, 2.05) is 25.1 Å². The standard InChI is InChI=1S/C13H18FN/c1-10-3-2-4-11(7-10)8-13(14)12-5-6-15-9-12/h2-4,7,12-13,15H,5-6,8-9H2,1H3. The van der Waals surface area contributed by atoms with Crippen LogP contribution in [-0.2, 0) is 6.42 Å². The van der Waals surface area contributed by atoms with Gasteiger partial charge in [-0.25, -0.2) is 4.39 Å². The number of benzene rings is 1. The van der Waals surface area contributed by atoms with Crippen LogP contribution in [0.1, 0.15) is 17.5 Å². The normalized spacial score (nSPS) is 22.9. The summed E-state index contributed by atoms with van der Waals surface area (Å²) in [6.07, 6.45) is 0.850. The third-order valence-corrected chi connectivity index (χ3v) is 3.12. The monoisotopic (exact) mass is 207 g/mol. The molecule has 1 fully saturated rings. The SMILES string of the molecule is Cc1cccc(CC(F)C2CCNC2)c1. The smallest absolute Gasteiger partial charge is 0.108 e. The molecule has 1 nitrogen and oxygen atoms in total. The fourth-order valence-corrected chi connectivity index (χ4v) is 2.22. The predicted octanol–water partition coefficient (Wildman–Crippen LogP) is 2.49. The molecule has 0 bridgehead atoms. The largest absolute Gasteiger partial charge is 0.316 e. The Morgan fingerprint density at radius 1 is 1.53 bits per heavy atom. The number of nitrogens with one attached hydrogen (secondary N) is 1. The van der Waals surface area contributed by atoms with E-state index in [2.05, 4.69) is 11.4 Å². The van der Waals surface area contributed by atoms with Gasteiger partial charge in [0.2, 0.25) is 0 Å². The topological polar surface area (TPSA) is 12.0 Å². The summed E-state index contributed by atoms with van der Waals surface area (Å²) in [6, 6.07) is 8.15. The van der Waals surface area contributed by atoms with Crippen molar-refractivity contribution in [3.63, 3.8) is 0 Å². The van der Waals surface area contributed by atoms with Crippen molar-refractivity contribution in [1.82, 2.24) is 5.32 Å². The summed E-state index contributed by atoms with van der Waals surface area (Å²) in [5.74, 6) is 0.213. The highest BCUT2D eigenvalue weighted by molar-refractivity contribution is 5.22. The highest BCUT2D eigenvalue weighted by Crippen LogP contribution is 2.20. The van der Waals surface area contributed by atoms with Crippen LogP contribution in [0.25, 0.3) is 0 Å². The van der Waals surface area contributed by atoms with Crippen molar-refractivity contribution >= 4 is 0 Å². The second-order valence-electron chi connectivity index (χ2n) is 4.46. The number of halogens is 1. The van der Waals surface area contributed by atoms with E-state index in [0.29, 0.717) is 6.42 Å². The maximum atomic E-state index is 13.9. The molecule has 1 saturated heterocycles. The van der Waals surface area contributed by atoms with Gasteiger partial charge in [0.1, 0.15) is 6.17 Å². The molecule has 1 aliphatic heterocycles. The summed E-state index contributed by atoms with van der Waals surface area (Å²) < 4.78 is 13.9. The van der Waals surface area contributed by atoms with Gasteiger partial charge in [-0.3, -0.25) is 0 Å². The first-order chi connectivity index (χ1) is 7.25. The van der Waals surface area contributed by atoms with E-state index in [4.69, 9.17) is 0 Å². The van der Waals surface area contributed by atoms with Crippen molar-refractivity contribution in [2.45, 2.75) is 25.9 Å². The average molecular weight is 207 g/mol. The van der Waals surface area contributed by atoms with Crippen molar-refractivity contribution in [2.24, 2.45) is 5.92 Å². The highest BCUT2D eigenvalue weighted by Gasteiger charge is 2.24. The first-order valence-corrected chi connectivity index (χ1v) is 5.66. The van der Waals surface area contributed by atoms with Crippen LogP contribution >= 0.6 is 0 Å². The zero-order valence-electron chi connectivity index (χ0n) is 9.17. The molecule has 0 spiro atoms. The Morgan fingerprint density at radius 3 is 3.07 bits per heavy atom. The first-order valence-electron chi connectivity index (χ1n) is 5.66. The molecule has 2 unspecified atom stereocenters. The summed E-state index contributed by atoms with van der Waals surface area (Å²) in [6.45, 7) is 3.86. The number of aryl methyl sites for hydroxylation is 1. The fourth-order valence-electron chi connectivity index (χ4n) is 2.22. The molecule has 2 rings (SSSR count). The van der Waals surface area contributed by atoms with Crippen LogP contribution in [0.2, 0.25) is 0 Å². The Hall–Kier alpha value is -0.890. The van der Waals surface area contributed by atoms with Crippen molar-refractivity contribution in [2.75, 3.05) is 13.1 Å². The molecule has 1 heterocycles. The summed E-state index contributed by atoms with van der Waals surface area (Å²) >= 11 is 0. The molecule has 1 aromatic rings. The van der Waals surface area contributed by atoms with Gasteiger partial charge < -0.3 is 5.32 Å². The van der Waals surface area contributed by atoms with Crippen LogP contribution in [0, 0.1) is 12.8 Å². The van der Waals surface area contributed by atoms with Crippen LogP contribution in [0.15, 0.2) is 24.3 Å². The Bertz CT molecular complexity index is 318. The minimum Gasteiger partial charge on any atom is -0.316 e. The number of hydrogen-bond acceptors (Lipinski definition) is 1. The maximum absolute atomic E-state index is 13.9. The molecule has 0 saturated carbocycles. The Balaban J connectivity index is 1.95. The van der Waals surface area contributed by atoms with Crippen molar-refractivity contribution in [1.29, 1.82) is 0 Å². The van der Waals surface area contributed by atoms with Crippen LogP contribution in [0.4, 0.5) is 4.39 Å². The van der Waals surface area contributed by atoms with Gasteiger partial charge in [-0.2, -0.15) is 0 Å².